The van der Waals surface area contributed by atoms with Crippen LogP contribution in [0.25, 0.3) is 0 Å². The molecule has 0 aromatic rings. The molecule has 3 aliphatic heterocycles. The highest BCUT2D eigenvalue weighted by molar-refractivity contribution is 7.99. The number of ether oxygens (including phenoxy) is 2. The van der Waals surface area contributed by atoms with Gasteiger partial charge in [0.2, 0.25) is 0 Å². The van der Waals surface area contributed by atoms with Crippen molar-refractivity contribution in [3.63, 3.8) is 0 Å². The first-order chi connectivity index (χ1) is 8.36. The van der Waals surface area contributed by atoms with Crippen molar-refractivity contribution in [2.24, 2.45) is 5.92 Å². The van der Waals surface area contributed by atoms with E-state index in [1.54, 1.807) is 0 Å². The maximum Gasteiger partial charge on any atom is 0.0795 e. The van der Waals surface area contributed by atoms with Gasteiger partial charge in [-0.15, -0.1) is 0 Å². The third-order valence-corrected chi connectivity index (χ3v) is 5.50. The van der Waals surface area contributed by atoms with Gasteiger partial charge in [0.1, 0.15) is 0 Å². The summed E-state index contributed by atoms with van der Waals surface area (Å²) in [7, 11) is 0. The Labute approximate surface area is 108 Å². The fourth-order valence-electron chi connectivity index (χ4n) is 3.14. The molecule has 0 amide bonds. The summed E-state index contributed by atoms with van der Waals surface area (Å²) in [6.07, 6.45) is 4.88. The van der Waals surface area contributed by atoms with E-state index in [9.17, 15) is 0 Å². The molecule has 3 heterocycles. The number of rotatable bonds is 3. The molecule has 3 aliphatic rings. The van der Waals surface area contributed by atoms with Crippen molar-refractivity contribution >= 4 is 11.8 Å². The molecule has 1 spiro atoms. The van der Waals surface area contributed by atoms with Gasteiger partial charge in [0.25, 0.3) is 0 Å². The Hall–Kier alpha value is 0.230. The van der Waals surface area contributed by atoms with E-state index in [1.807, 2.05) is 0 Å². The topological polar surface area (TPSA) is 30.5 Å². The van der Waals surface area contributed by atoms with Crippen LogP contribution < -0.4 is 5.32 Å². The monoisotopic (exact) mass is 257 g/mol. The molecular formula is C13H23NO2S. The van der Waals surface area contributed by atoms with Crippen LogP contribution in [0.1, 0.15) is 25.7 Å². The van der Waals surface area contributed by atoms with E-state index in [4.69, 9.17) is 9.47 Å². The predicted molar refractivity (Wildman–Crippen MR) is 70.6 cm³/mol. The Balaban J connectivity index is 1.46. The molecular weight excluding hydrogens is 234 g/mol. The lowest BCUT2D eigenvalue weighted by atomic mass is 9.89. The van der Waals surface area contributed by atoms with Crippen LogP contribution in [0.15, 0.2) is 0 Å². The molecule has 1 N–H and O–H groups in total. The van der Waals surface area contributed by atoms with Crippen LogP contribution in [0.2, 0.25) is 0 Å². The highest BCUT2D eigenvalue weighted by Gasteiger charge is 2.40. The highest BCUT2D eigenvalue weighted by atomic mass is 32.2. The molecule has 3 saturated heterocycles. The first kappa shape index (κ1) is 12.3. The molecule has 0 radical (unpaired) electrons. The Morgan fingerprint density at radius 1 is 1.29 bits per heavy atom. The summed E-state index contributed by atoms with van der Waals surface area (Å²) in [5.74, 6) is 3.23. The number of nitrogens with one attached hydrogen (secondary N) is 1. The quantitative estimate of drug-likeness (QED) is 0.833. The van der Waals surface area contributed by atoms with Gasteiger partial charge in [-0.2, -0.15) is 11.8 Å². The third-order valence-electron chi connectivity index (χ3n) is 4.28. The van der Waals surface area contributed by atoms with Gasteiger partial charge in [0.15, 0.2) is 0 Å². The molecule has 98 valence electrons. The molecule has 3 rings (SSSR count). The minimum atomic E-state index is 0.215. The normalized spacial score (nSPS) is 42.4. The fraction of sp³-hybridized carbons (Fsp3) is 1.00. The lowest BCUT2D eigenvalue weighted by Crippen LogP contribution is -2.48. The SMILES string of the molecule is C1CC(CNC2CCOC3(CCSC3)C2)CO1. The molecule has 0 aromatic carbocycles. The summed E-state index contributed by atoms with van der Waals surface area (Å²) in [4.78, 5) is 0. The molecule has 3 nitrogen and oxygen atoms in total. The second-order valence-electron chi connectivity index (χ2n) is 5.66. The zero-order chi connectivity index (χ0) is 11.6. The van der Waals surface area contributed by atoms with Gasteiger partial charge < -0.3 is 14.8 Å². The van der Waals surface area contributed by atoms with Crippen LogP contribution in [0.5, 0.6) is 0 Å². The summed E-state index contributed by atoms with van der Waals surface area (Å²) < 4.78 is 11.5. The van der Waals surface area contributed by atoms with Crippen molar-refractivity contribution in [3.8, 4) is 0 Å². The molecule has 0 aromatic heterocycles. The summed E-state index contributed by atoms with van der Waals surface area (Å²) in [6.45, 7) is 3.99. The summed E-state index contributed by atoms with van der Waals surface area (Å²) >= 11 is 2.05. The van der Waals surface area contributed by atoms with E-state index < -0.39 is 0 Å². The molecule has 4 heteroatoms. The second-order valence-corrected chi connectivity index (χ2v) is 6.77. The second kappa shape index (κ2) is 5.47. The predicted octanol–water partition coefficient (Wildman–Crippen LogP) is 1.67. The lowest BCUT2D eigenvalue weighted by Gasteiger charge is -2.38. The molecule has 17 heavy (non-hydrogen) atoms. The summed E-state index contributed by atoms with van der Waals surface area (Å²) in [5, 5.41) is 3.75. The van der Waals surface area contributed by atoms with Gasteiger partial charge in [-0.25, -0.2) is 0 Å². The van der Waals surface area contributed by atoms with E-state index in [0.29, 0.717) is 6.04 Å². The van der Waals surface area contributed by atoms with Gasteiger partial charge in [0.05, 0.1) is 12.2 Å². The van der Waals surface area contributed by atoms with Crippen LogP contribution in [0, 0.1) is 5.92 Å². The highest BCUT2D eigenvalue weighted by Crippen LogP contribution is 2.38. The van der Waals surface area contributed by atoms with Crippen molar-refractivity contribution in [2.75, 3.05) is 37.9 Å². The fourth-order valence-corrected chi connectivity index (χ4v) is 4.52. The average molecular weight is 257 g/mol. The van der Waals surface area contributed by atoms with Crippen LogP contribution in [0.3, 0.4) is 0 Å². The maximum atomic E-state index is 6.04. The van der Waals surface area contributed by atoms with Crippen molar-refractivity contribution in [3.05, 3.63) is 0 Å². The summed E-state index contributed by atoms with van der Waals surface area (Å²) in [5.41, 5.74) is 0.215. The molecule has 0 bridgehead atoms. The zero-order valence-electron chi connectivity index (χ0n) is 10.5. The van der Waals surface area contributed by atoms with Crippen molar-refractivity contribution in [2.45, 2.75) is 37.3 Å². The first-order valence-electron chi connectivity index (χ1n) is 6.89. The maximum absolute atomic E-state index is 6.04. The number of hydrogen-bond donors (Lipinski definition) is 1. The van der Waals surface area contributed by atoms with Crippen LogP contribution in [-0.2, 0) is 9.47 Å². The van der Waals surface area contributed by atoms with Gasteiger partial charge >= 0.3 is 0 Å². The van der Waals surface area contributed by atoms with Crippen LogP contribution in [0.4, 0.5) is 0 Å². The lowest BCUT2D eigenvalue weighted by molar-refractivity contribution is -0.0704. The van der Waals surface area contributed by atoms with Crippen molar-refractivity contribution in [1.82, 2.24) is 5.32 Å². The van der Waals surface area contributed by atoms with E-state index in [1.165, 1.54) is 37.2 Å². The van der Waals surface area contributed by atoms with Crippen molar-refractivity contribution in [1.29, 1.82) is 0 Å². The molecule has 3 unspecified atom stereocenters. The minimum absolute atomic E-state index is 0.215. The molecule has 0 saturated carbocycles. The molecule has 3 fully saturated rings. The Kier molecular flexibility index (Phi) is 3.95. The van der Waals surface area contributed by atoms with Gasteiger partial charge in [0, 0.05) is 31.6 Å². The zero-order valence-corrected chi connectivity index (χ0v) is 11.3. The van der Waals surface area contributed by atoms with Gasteiger partial charge in [-0.05, 0) is 37.4 Å². The smallest absolute Gasteiger partial charge is 0.0795 e. The Morgan fingerprint density at radius 2 is 2.29 bits per heavy atom. The van der Waals surface area contributed by atoms with E-state index >= 15 is 0 Å². The van der Waals surface area contributed by atoms with E-state index in [2.05, 4.69) is 17.1 Å². The molecule has 3 atom stereocenters. The minimum Gasteiger partial charge on any atom is -0.381 e. The average Bonchev–Trinajstić information content (AvgIpc) is 2.99. The van der Waals surface area contributed by atoms with Crippen LogP contribution >= 0.6 is 11.8 Å². The number of thioether (sulfide) groups is 1. The number of hydrogen-bond acceptors (Lipinski definition) is 4. The van der Waals surface area contributed by atoms with Gasteiger partial charge in [-0.3, -0.25) is 0 Å². The molecule has 0 aliphatic carbocycles. The standard InChI is InChI=1S/C13H23NO2S/c1-4-15-9-11(1)8-14-12-2-5-16-13(7-12)3-6-17-10-13/h11-12,14H,1-10H2. The van der Waals surface area contributed by atoms with Gasteiger partial charge in [-0.1, -0.05) is 0 Å². The Morgan fingerprint density at radius 3 is 3.06 bits per heavy atom. The van der Waals surface area contributed by atoms with Crippen LogP contribution in [-0.4, -0.2) is 49.5 Å². The Bertz CT molecular complexity index is 250. The van der Waals surface area contributed by atoms with Crippen molar-refractivity contribution < 1.29 is 9.47 Å². The largest absolute Gasteiger partial charge is 0.381 e. The summed E-state index contributed by atoms with van der Waals surface area (Å²) in [6, 6.07) is 0.669. The van der Waals surface area contributed by atoms with E-state index in [0.717, 1.165) is 32.3 Å². The first-order valence-corrected chi connectivity index (χ1v) is 8.05. The third kappa shape index (κ3) is 2.98. The van der Waals surface area contributed by atoms with E-state index in [-0.39, 0.29) is 5.60 Å².